The monoisotopic (exact) mass is 339 g/mol. The van der Waals surface area contributed by atoms with Crippen molar-refractivity contribution in [3.8, 4) is 0 Å². The van der Waals surface area contributed by atoms with E-state index in [1.54, 1.807) is 18.2 Å². The number of sulfone groups is 1. The van der Waals surface area contributed by atoms with Crippen LogP contribution in [0.5, 0.6) is 0 Å². The third kappa shape index (κ3) is 3.36. The first-order valence-electron chi connectivity index (χ1n) is 5.72. The van der Waals surface area contributed by atoms with Crippen molar-refractivity contribution in [1.29, 1.82) is 0 Å². The largest absolute Gasteiger partial charge is 0.398 e. The average Bonchev–Trinajstić information content (AvgIpc) is 2.35. The Kier molecular flexibility index (Phi) is 3.96. The Morgan fingerprint density at radius 2 is 1.74 bits per heavy atom. The molecule has 5 heteroatoms. The summed E-state index contributed by atoms with van der Waals surface area (Å²) >= 11 is 3.26. The highest BCUT2D eigenvalue weighted by Crippen LogP contribution is 2.26. The molecule has 0 aliphatic heterocycles. The molecule has 19 heavy (non-hydrogen) atoms. The molecular weight excluding hydrogens is 326 g/mol. The lowest BCUT2D eigenvalue weighted by molar-refractivity contribution is 0.595. The maximum Gasteiger partial charge on any atom is 0.184 e. The van der Waals surface area contributed by atoms with E-state index in [1.807, 2.05) is 31.2 Å². The number of aryl methyl sites for hydroxylation is 1. The molecule has 0 saturated heterocycles. The molecule has 2 N–H and O–H groups in total. The van der Waals surface area contributed by atoms with E-state index in [0.29, 0.717) is 4.47 Å². The molecule has 2 rings (SSSR count). The van der Waals surface area contributed by atoms with Gasteiger partial charge in [-0.05, 0) is 30.7 Å². The van der Waals surface area contributed by atoms with E-state index in [4.69, 9.17) is 5.73 Å². The third-order valence-corrected chi connectivity index (χ3v) is 5.02. The zero-order valence-corrected chi connectivity index (χ0v) is 12.8. The summed E-state index contributed by atoms with van der Waals surface area (Å²) in [6.45, 7) is 1.96. The van der Waals surface area contributed by atoms with Crippen molar-refractivity contribution in [2.75, 3.05) is 5.73 Å². The number of nitrogens with two attached hydrogens (primary N) is 1. The molecule has 0 unspecified atom stereocenters. The zero-order valence-electron chi connectivity index (χ0n) is 10.4. The van der Waals surface area contributed by atoms with Gasteiger partial charge in [0.15, 0.2) is 9.84 Å². The van der Waals surface area contributed by atoms with Crippen molar-refractivity contribution in [1.82, 2.24) is 0 Å². The molecule has 2 aromatic rings. The van der Waals surface area contributed by atoms with Crippen LogP contribution in [0.25, 0.3) is 0 Å². The predicted octanol–water partition coefficient (Wildman–Crippen LogP) is 3.31. The lowest BCUT2D eigenvalue weighted by Gasteiger charge is -2.08. The van der Waals surface area contributed by atoms with Crippen LogP contribution in [-0.2, 0) is 15.6 Å². The van der Waals surface area contributed by atoms with Gasteiger partial charge in [0.05, 0.1) is 16.3 Å². The fraction of sp³-hybridized carbons (Fsp3) is 0.143. The lowest BCUT2D eigenvalue weighted by atomic mass is 10.2. The van der Waals surface area contributed by atoms with Crippen LogP contribution in [0.2, 0.25) is 0 Å². The van der Waals surface area contributed by atoms with Gasteiger partial charge in [0, 0.05) is 4.47 Å². The van der Waals surface area contributed by atoms with Gasteiger partial charge in [-0.2, -0.15) is 0 Å². The van der Waals surface area contributed by atoms with Crippen LogP contribution in [0.3, 0.4) is 0 Å². The lowest BCUT2D eigenvalue weighted by Crippen LogP contribution is -2.08. The molecule has 0 aliphatic rings. The van der Waals surface area contributed by atoms with Crippen LogP contribution in [0.15, 0.2) is 51.8 Å². The quantitative estimate of drug-likeness (QED) is 0.872. The van der Waals surface area contributed by atoms with Gasteiger partial charge in [-0.25, -0.2) is 8.42 Å². The fourth-order valence-electron chi connectivity index (χ4n) is 1.76. The number of anilines is 1. The smallest absolute Gasteiger partial charge is 0.184 e. The molecule has 0 atom stereocenters. The Hall–Kier alpha value is -1.33. The van der Waals surface area contributed by atoms with Gasteiger partial charge in [-0.15, -0.1) is 0 Å². The molecule has 0 saturated carbocycles. The maximum atomic E-state index is 12.4. The predicted molar refractivity (Wildman–Crippen MR) is 80.6 cm³/mol. The van der Waals surface area contributed by atoms with E-state index in [9.17, 15) is 8.42 Å². The topological polar surface area (TPSA) is 60.2 Å². The summed E-state index contributed by atoms with van der Waals surface area (Å²) in [7, 11) is -3.43. The standard InChI is InChI=1S/C14H14BrNO2S/c1-10-2-4-11(5-3-10)9-19(17,18)14-8-12(15)6-7-13(14)16/h2-8H,9,16H2,1H3. The van der Waals surface area contributed by atoms with Crippen molar-refractivity contribution in [2.45, 2.75) is 17.6 Å². The summed E-state index contributed by atoms with van der Waals surface area (Å²) in [5, 5.41) is 0. The van der Waals surface area contributed by atoms with Gasteiger partial charge in [-0.1, -0.05) is 45.8 Å². The normalized spacial score (nSPS) is 11.5. The van der Waals surface area contributed by atoms with Gasteiger partial charge in [0.1, 0.15) is 0 Å². The highest BCUT2D eigenvalue weighted by Gasteiger charge is 2.18. The summed E-state index contributed by atoms with van der Waals surface area (Å²) in [6.07, 6.45) is 0. The van der Waals surface area contributed by atoms with Crippen molar-refractivity contribution < 1.29 is 8.42 Å². The fourth-order valence-corrected chi connectivity index (χ4v) is 3.79. The summed E-state index contributed by atoms with van der Waals surface area (Å²) < 4.78 is 25.4. The van der Waals surface area contributed by atoms with Crippen LogP contribution >= 0.6 is 15.9 Å². The molecule has 0 amide bonds. The Balaban J connectivity index is 2.37. The van der Waals surface area contributed by atoms with Crippen molar-refractivity contribution in [2.24, 2.45) is 0 Å². The minimum Gasteiger partial charge on any atom is -0.398 e. The van der Waals surface area contributed by atoms with Crippen LogP contribution < -0.4 is 5.73 Å². The summed E-state index contributed by atoms with van der Waals surface area (Å²) in [5.41, 5.74) is 7.88. The molecule has 100 valence electrons. The van der Waals surface area contributed by atoms with Gasteiger partial charge in [-0.3, -0.25) is 0 Å². The molecule has 3 nitrogen and oxygen atoms in total. The molecule has 0 bridgehead atoms. The molecule has 0 fully saturated rings. The summed E-state index contributed by atoms with van der Waals surface area (Å²) in [4.78, 5) is 0.169. The number of rotatable bonds is 3. The van der Waals surface area contributed by atoms with Crippen molar-refractivity contribution in [3.63, 3.8) is 0 Å². The Labute approximate surface area is 121 Å². The first-order valence-corrected chi connectivity index (χ1v) is 8.16. The van der Waals surface area contributed by atoms with E-state index in [-0.39, 0.29) is 16.3 Å². The van der Waals surface area contributed by atoms with E-state index in [2.05, 4.69) is 15.9 Å². The minimum absolute atomic E-state index is 0.0477. The van der Waals surface area contributed by atoms with E-state index in [0.717, 1.165) is 11.1 Å². The Morgan fingerprint density at radius 1 is 1.11 bits per heavy atom. The third-order valence-electron chi connectivity index (χ3n) is 2.79. The second-order valence-electron chi connectivity index (χ2n) is 4.43. The van der Waals surface area contributed by atoms with Crippen LogP contribution in [0.4, 0.5) is 5.69 Å². The van der Waals surface area contributed by atoms with E-state index < -0.39 is 9.84 Å². The summed E-state index contributed by atoms with van der Waals surface area (Å²) in [5.74, 6) is -0.0477. The highest BCUT2D eigenvalue weighted by molar-refractivity contribution is 9.10. The molecular formula is C14H14BrNO2S. The number of hydrogen-bond acceptors (Lipinski definition) is 3. The number of hydrogen-bond donors (Lipinski definition) is 1. The number of benzene rings is 2. The Morgan fingerprint density at radius 3 is 2.37 bits per heavy atom. The highest BCUT2D eigenvalue weighted by atomic mass is 79.9. The second-order valence-corrected chi connectivity index (χ2v) is 7.30. The van der Waals surface area contributed by atoms with Crippen LogP contribution in [0.1, 0.15) is 11.1 Å². The van der Waals surface area contributed by atoms with E-state index >= 15 is 0 Å². The minimum atomic E-state index is -3.43. The van der Waals surface area contributed by atoms with Gasteiger partial charge in [0.2, 0.25) is 0 Å². The van der Waals surface area contributed by atoms with E-state index in [1.165, 1.54) is 0 Å². The molecule has 0 aromatic heterocycles. The van der Waals surface area contributed by atoms with Crippen molar-refractivity contribution in [3.05, 3.63) is 58.1 Å². The average molecular weight is 340 g/mol. The van der Waals surface area contributed by atoms with Gasteiger partial charge in [0.25, 0.3) is 0 Å². The first kappa shape index (κ1) is 14.1. The zero-order chi connectivity index (χ0) is 14.0. The van der Waals surface area contributed by atoms with Crippen LogP contribution in [0, 0.1) is 6.92 Å². The Bertz CT molecular complexity index is 694. The molecule has 0 heterocycles. The molecule has 0 spiro atoms. The van der Waals surface area contributed by atoms with Crippen LogP contribution in [-0.4, -0.2) is 8.42 Å². The van der Waals surface area contributed by atoms with Crippen molar-refractivity contribution >= 4 is 31.5 Å². The number of nitrogen functional groups attached to an aromatic ring is 1. The molecule has 0 aliphatic carbocycles. The maximum absolute atomic E-state index is 12.4. The number of halogens is 1. The molecule has 2 aromatic carbocycles. The summed E-state index contributed by atoms with van der Waals surface area (Å²) in [6, 6.07) is 12.3. The van der Waals surface area contributed by atoms with Gasteiger partial charge < -0.3 is 5.73 Å². The molecule has 0 radical (unpaired) electrons. The SMILES string of the molecule is Cc1ccc(CS(=O)(=O)c2cc(Br)ccc2N)cc1. The first-order chi connectivity index (χ1) is 8.88. The van der Waals surface area contributed by atoms with Gasteiger partial charge >= 0.3 is 0 Å². The second kappa shape index (κ2) is 5.35.